The van der Waals surface area contributed by atoms with Gasteiger partial charge in [-0.2, -0.15) is 0 Å². The number of benzene rings is 3. The van der Waals surface area contributed by atoms with Gasteiger partial charge in [-0.15, -0.1) is 0 Å². The fourth-order valence-electron chi connectivity index (χ4n) is 4.03. The van der Waals surface area contributed by atoms with E-state index in [0.29, 0.717) is 34.4 Å². The first-order valence-corrected chi connectivity index (χ1v) is 12.9. The van der Waals surface area contributed by atoms with Crippen LogP contribution in [0.1, 0.15) is 12.8 Å². The Kier molecular flexibility index (Phi) is 7.63. The molecule has 0 aromatic heterocycles. The second-order valence-corrected chi connectivity index (χ2v) is 10.1. The summed E-state index contributed by atoms with van der Waals surface area (Å²) in [5.41, 5.74) is 0.831. The number of halogens is 1. The number of para-hydroxylation sites is 1. The minimum absolute atomic E-state index is 0.0395. The molecule has 2 amide bonds. The van der Waals surface area contributed by atoms with Crippen molar-refractivity contribution >= 4 is 38.9 Å². The van der Waals surface area contributed by atoms with E-state index < -0.39 is 28.3 Å². The Morgan fingerprint density at radius 3 is 2.35 bits per heavy atom. The van der Waals surface area contributed by atoms with Crippen LogP contribution in [0.3, 0.4) is 0 Å². The van der Waals surface area contributed by atoms with E-state index in [1.807, 2.05) is 0 Å². The molecule has 0 bridgehead atoms. The first-order valence-electron chi connectivity index (χ1n) is 11.4. The number of amides is 2. The molecule has 3 aromatic carbocycles. The van der Waals surface area contributed by atoms with E-state index >= 15 is 0 Å². The number of anilines is 3. The summed E-state index contributed by atoms with van der Waals surface area (Å²) in [6.07, 6.45) is 1.29. The minimum atomic E-state index is -4.39. The normalized spacial score (nSPS) is 13.4. The van der Waals surface area contributed by atoms with Gasteiger partial charge in [0.1, 0.15) is 12.4 Å². The Balaban J connectivity index is 1.60. The molecule has 11 heteroatoms. The second kappa shape index (κ2) is 10.9. The third-order valence-electron chi connectivity index (χ3n) is 5.89. The average Bonchev–Trinajstić information content (AvgIpc) is 3.33. The van der Waals surface area contributed by atoms with Gasteiger partial charge >= 0.3 is 0 Å². The number of carbonyl (C=O) groups is 2. The molecule has 3 aromatic rings. The van der Waals surface area contributed by atoms with Crippen molar-refractivity contribution < 1.29 is 31.9 Å². The number of nitrogens with zero attached hydrogens (tertiary/aromatic N) is 2. The predicted octanol–water partition coefficient (Wildman–Crippen LogP) is 3.80. The Labute approximate surface area is 214 Å². The lowest BCUT2D eigenvalue weighted by molar-refractivity contribution is -0.117. The van der Waals surface area contributed by atoms with Crippen LogP contribution in [-0.2, 0) is 19.6 Å². The zero-order chi connectivity index (χ0) is 26.6. The number of hydrogen-bond acceptors (Lipinski definition) is 6. The van der Waals surface area contributed by atoms with Crippen molar-refractivity contribution in [2.24, 2.45) is 0 Å². The predicted molar refractivity (Wildman–Crippen MR) is 137 cm³/mol. The molecule has 0 radical (unpaired) electrons. The molecule has 1 aliphatic heterocycles. The molecular weight excluding hydrogens is 501 g/mol. The van der Waals surface area contributed by atoms with Gasteiger partial charge < -0.3 is 19.7 Å². The van der Waals surface area contributed by atoms with E-state index in [-0.39, 0.29) is 22.2 Å². The third kappa shape index (κ3) is 5.51. The molecular formula is C26H26FN3O6S. The number of rotatable bonds is 9. The highest BCUT2D eigenvalue weighted by molar-refractivity contribution is 7.92. The molecule has 1 saturated heterocycles. The van der Waals surface area contributed by atoms with Crippen molar-refractivity contribution in [3.63, 3.8) is 0 Å². The summed E-state index contributed by atoms with van der Waals surface area (Å²) in [5, 5.41) is 2.64. The average molecular weight is 528 g/mol. The van der Waals surface area contributed by atoms with Crippen LogP contribution in [0.25, 0.3) is 0 Å². The van der Waals surface area contributed by atoms with Crippen LogP contribution in [0.5, 0.6) is 11.5 Å². The largest absolute Gasteiger partial charge is 0.493 e. The molecule has 9 nitrogen and oxygen atoms in total. The summed E-state index contributed by atoms with van der Waals surface area (Å²) in [4.78, 5) is 26.4. The topological polar surface area (TPSA) is 105 Å². The number of hydrogen-bond donors (Lipinski definition) is 1. The Morgan fingerprint density at radius 1 is 1.03 bits per heavy atom. The van der Waals surface area contributed by atoms with Gasteiger partial charge in [-0.3, -0.25) is 13.9 Å². The molecule has 1 N–H and O–H groups in total. The molecule has 0 unspecified atom stereocenters. The highest BCUT2D eigenvalue weighted by Crippen LogP contribution is 2.33. The zero-order valence-corrected chi connectivity index (χ0v) is 21.1. The van der Waals surface area contributed by atoms with Crippen LogP contribution in [0.15, 0.2) is 71.6 Å². The molecule has 1 heterocycles. The number of nitrogens with one attached hydrogen (secondary N) is 1. The molecule has 0 saturated carbocycles. The molecule has 4 rings (SSSR count). The summed E-state index contributed by atoms with van der Waals surface area (Å²) in [7, 11) is -1.62. The highest BCUT2D eigenvalue weighted by Gasteiger charge is 2.30. The van der Waals surface area contributed by atoms with Gasteiger partial charge in [-0.1, -0.05) is 12.1 Å². The first-order chi connectivity index (χ1) is 17.7. The van der Waals surface area contributed by atoms with Gasteiger partial charge in [0.2, 0.25) is 11.8 Å². The first kappa shape index (κ1) is 26.0. The molecule has 37 heavy (non-hydrogen) atoms. The Hall–Kier alpha value is -4.12. The number of ether oxygens (including phenoxy) is 2. The van der Waals surface area contributed by atoms with Crippen LogP contribution in [0.2, 0.25) is 0 Å². The Bertz CT molecular complexity index is 1410. The highest BCUT2D eigenvalue weighted by atomic mass is 32.2. The van der Waals surface area contributed by atoms with Crippen molar-refractivity contribution in [1.82, 2.24) is 0 Å². The zero-order valence-electron chi connectivity index (χ0n) is 20.3. The molecule has 0 aliphatic carbocycles. The van der Waals surface area contributed by atoms with Crippen molar-refractivity contribution in [3.05, 3.63) is 72.5 Å². The smallest absolute Gasteiger partial charge is 0.265 e. The maximum atomic E-state index is 14.7. The summed E-state index contributed by atoms with van der Waals surface area (Å²) >= 11 is 0. The fraction of sp³-hybridized carbons (Fsp3) is 0.231. The lowest BCUT2D eigenvalue weighted by atomic mass is 10.2. The summed E-state index contributed by atoms with van der Waals surface area (Å²) in [6.45, 7) is -0.0554. The fourth-order valence-corrected chi connectivity index (χ4v) is 5.48. The number of sulfonamides is 1. The summed E-state index contributed by atoms with van der Waals surface area (Å²) in [5.74, 6) is -0.970. The molecule has 1 fully saturated rings. The summed E-state index contributed by atoms with van der Waals surface area (Å²) in [6, 6.07) is 15.9. The van der Waals surface area contributed by atoms with Gasteiger partial charge in [-0.05, 0) is 55.0 Å². The van der Waals surface area contributed by atoms with E-state index in [0.717, 1.165) is 12.5 Å². The number of carbonyl (C=O) groups excluding carboxylic acids is 2. The molecule has 194 valence electrons. The molecule has 0 atom stereocenters. The maximum Gasteiger partial charge on any atom is 0.265 e. The molecule has 1 aliphatic rings. The van der Waals surface area contributed by atoms with Crippen molar-refractivity contribution in [2.75, 3.05) is 41.8 Å². The monoisotopic (exact) mass is 527 g/mol. The lowest BCUT2D eigenvalue weighted by Crippen LogP contribution is -2.38. The van der Waals surface area contributed by atoms with Crippen molar-refractivity contribution in [3.8, 4) is 11.5 Å². The van der Waals surface area contributed by atoms with Crippen LogP contribution in [0.4, 0.5) is 21.5 Å². The lowest BCUT2D eigenvalue weighted by Gasteiger charge is -2.25. The quantitative estimate of drug-likeness (QED) is 0.454. The van der Waals surface area contributed by atoms with E-state index in [1.165, 1.54) is 50.6 Å². The van der Waals surface area contributed by atoms with E-state index in [4.69, 9.17) is 9.47 Å². The standard InChI is InChI=1S/C26H26FN3O6S/c1-35-23-14-13-20(16-24(23)36-2)37(33,34)30(22-7-4-3-6-21(22)27)17-25(31)28-18-9-11-19(12-10-18)29-15-5-8-26(29)32/h3-4,6-7,9-14,16H,5,8,15,17H2,1-2H3,(H,28,31). The Morgan fingerprint density at radius 2 is 1.73 bits per heavy atom. The van der Waals surface area contributed by atoms with Gasteiger partial charge in [0.05, 0.1) is 24.8 Å². The minimum Gasteiger partial charge on any atom is -0.493 e. The third-order valence-corrected chi connectivity index (χ3v) is 7.64. The van der Waals surface area contributed by atoms with Crippen LogP contribution in [0, 0.1) is 5.82 Å². The van der Waals surface area contributed by atoms with Crippen LogP contribution < -0.4 is 24.0 Å². The van der Waals surface area contributed by atoms with Crippen molar-refractivity contribution in [1.29, 1.82) is 0 Å². The van der Waals surface area contributed by atoms with Crippen LogP contribution >= 0.6 is 0 Å². The van der Waals surface area contributed by atoms with Gasteiger partial charge in [0.25, 0.3) is 10.0 Å². The van der Waals surface area contributed by atoms with Crippen LogP contribution in [-0.4, -0.2) is 47.5 Å². The van der Waals surface area contributed by atoms with Gasteiger partial charge in [0, 0.05) is 30.4 Å². The molecule has 0 spiro atoms. The van der Waals surface area contributed by atoms with Crippen molar-refractivity contribution in [2.45, 2.75) is 17.7 Å². The van der Waals surface area contributed by atoms with Gasteiger partial charge in [-0.25, -0.2) is 12.8 Å². The second-order valence-electron chi connectivity index (χ2n) is 8.22. The SMILES string of the molecule is COc1ccc(S(=O)(=O)N(CC(=O)Nc2ccc(N3CCCC3=O)cc2)c2ccccc2F)cc1OC. The summed E-state index contributed by atoms with van der Waals surface area (Å²) < 4.78 is 53.0. The van der Waals surface area contributed by atoms with E-state index in [2.05, 4.69) is 5.32 Å². The number of methoxy groups -OCH3 is 2. The van der Waals surface area contributed by atoms with E-state index in [9.17, 15) is 22.4 Å². The van der Waals surface area contributed by atoms with E-state index in [1.54, 1.807) is 29.2 Å². The van der Waals surface area contributed by atoms with Gasteiger partial charge in [0.15, 0.2) is 11.5 Å². The maximum absolute atomic E-state index is 14.7.